The summed E-state index contributed by atoms with van der Waals surface area (Å²) in [5.41, 5.74) is 1.94. The second-order valence-corrected chi connectivity index (χ2v) is 2.27. The molecule has 0 saturated carbocycles. The van der Waals surface area contributed by atoms with E-state index in [0.29, 0.717) is 12.0 Å². The molecule has 1 rings (SSSR count). The number of hydrogen-bond donors (Lipinski definition) is 1. The molecule has 1 aromatic heterocycles. The first-order valence-electron chi connectivity index (χ1n) is 2.58. The Balaban J connectivity index is 2.78. The molecule has 3 nitrogen and oxygen atoms in total. The average Bonchev–Trinajstić information content (AvgIpc) is 2.38. The summed E-state index contributed by atoms with van der Waals surface area (Å²) in [5, 5.41) is 9.84. The fourth-order valence-corrected chi connectivity index (χ4v) is 1.03. The monoisotopic (exact) mass is 155 g/mol. The molecule has 0 aliphatic carbocycles. The maximum atomic E-state index is 10.8. The molecular weight excluding hydrogens is 150 g/mol. The molecule has 0 aliphatic heterocycles. The number of nitrogens with zero attached hydrogens (tertiary/aromatic N) is 1. The van der Waals surface area contributed by atoms with Crippen molar-refractivity contribution < 1.29 is 9.90 Å². The maximum Gasteiger partial charge on any atom is 0.208 e. The van der Waals surface area contributed by atoms with Crippen LogP contribution >= 0.6 is 11.3 Å². The first kappa shape index (κ1) is 6.95. The first-order chi connectivity index (χ1) is 4.84. The molecule has 0 spiro atoms. The van der Waals surface area contributed by atoms with E-state index in [1.807, 2.05) is 0 Å². The van der Waals surface area contributed by atoms with Crippen LogP contribution in [-0.2, 0) is 0 Å². The summed E-state index contributed by atoms with van der Waals surface area (Å²) >= 11 is 1.35. The summed E-state index contributed by atoms with van der Waals surface area (Å²) < 4.78 is 0. The summed E-state index contributed by atoms with van der Waals surface area (Å²) in [6, 6.07) is 0. The molecule has 0 radical (unpaired) electrons. The van der Waals surface area contributed by atoms with Crippen molar-refractivity contribution in [3.05, 3.63) is 28.9 Å². The standard InChI is InChI=1S/C6H5NO2S/c8-2-1-6(9)5-3-10-4-7-5/h1-4,8H/b2-1+. The molecule has 0 bridgehead atoms. The second kappa shape index (κ2) is 3.12. The van der Waals surface area contributed by atoms with Gasteiger partial charge in [0, 0.05) is 11.5 Å². The fraction of sp³-hybridized carbons (Fsp3) is 0. The summed E-state index contributed by atoms with van der Waals surface area (Å²) in [7, 11) is 0. The quantitative estimate of drug-likeness (QED) is 0.399. The topological polar surface area (TPSA) is 50.2 Å². The van der Waals surface area contributed by atoms with Gasteiger partial charge < -0.3 is 5.11 Å². The van der Waals surface area contributed by atoms with Crippen molar-refractivity contribution in [2.45, 2.75) is 0 Å². The highest BCUT2D eigenvalue weighted by atomic mass is 32.1. The van der Waals surface area contributed by atoms with Crippen LogP contribution in [0.1, 0.15) is 10.5 Å². The van der Waals surface area contributed by atoms with E-state index in [0.717, 1.165) is 6.08 Å². The number of thiazole rings is 1. The van der Waals surface area contributed by atoms with Crippen LogP contribution in [0.15, 0.2) is 23.2 Å². The molecular formula is C6H5NO2S. The van der Waals surface area contributed by atoms with Crippen molar-refractivity contribution in [1.82, 2.24) is 4.98 Å². The minimum atomic E-state index is -0.274. The number of hydrogen-bond acceptors (Lipinski definition) is 4. The van der Waals surface area contributed by atoms with Crippen molar-refractivity contribution in [2.24, 2.45) is 0 Å². The number of allylic oxidation sites excluding steroid dienone is 1. The molecule has 4 heteroatoms. The zero-order chi connectivity index (χ0) is 7.40. The van der Waals surface area contributed by atoms with E-state index >= 15 is 0 Å². The van der Waals surface area contributed by atoms with Gasteiger partial charge in [0.05, 0.1) is 11.8 Å². The molecule has 1 aromatic rings. The van der Waals surface area contributed by atoms with E-state index in [1.165, 1.54) is 11.3 Å². The highest BCUT2D eigenvalue weighted by molar-refractivity contribution is 7.07. The fourth-order valence-electron chi connectivity index (χ4n) is 0.487. The lowest BCUT2D eigenvalue weighted by Crippen LogP contribution is -1.92. The number of carbonyl (C=O) groups excluding carboxylic acids is 1. The molecule has 0 atom stereocenters. The maximum absolute atomic E-state index is 10.8. The van der Waals surface area contributed by atoms with Crippen molar-refractivity contribution in [1.29, 1.82) is 0 Å². The summed E-state index contributed by atoms with van der Waals surface area (Å²) in [5.74, 6) is -0.274. The summed E-state index contributed by atoms with van der Waals surface area (Å²) in [6.07, 6.45) is 1.77. The normalized spacial score (nSPS) is 10.4. The smallest absolute Gasteiger partial charge is 0.208 e. The predicted octanol–water partition coefficient (Wildman–Crippen LogP) is 1.40. The second-order valence-electron chi connectivity index (χ2n) is 1.55. The van der Waals surface area contributed by atoms with Gasteiger partial charge in [0.2, 0.25) is 5.78 Å². The molecule has 1 N–H and O–H groups in total. The highest BCUT2D eigenvalue weighted by Crippen LogP contribution is 2.01. The van der Waals surface area contributed by atoms with Crippen LogP contribution in [0.5, 0.6) is 0 Å². The van der Waals surface area contributed by atoms with Gasteiger partial charge in [-0.25, -0.2) is 4.98 Å². The van der Waals surface area contributed by atoms with Crippen LogP contribution in [0, 0.1) is 0 Å². The van der Waals surface area contributed by atoms with E-state index in [9.17, 15) is 4.79 Å². The molecule has 10 heavy (non-hydrogen) atoms. The van der Waals surface area contributed by atoms with Crippen LogP contribution in [-0.4, -0.2) is 15.9 Å². The van der Waals surface area contributed by atoms with E-state index in [4.69, 9.17) is 5.11 Å². The minimum absolute atomic E-state index is 0.274. The minimum Gasteiger partial charge on any atom is -0.515 e. The number of aliphatic hydroxyl groups excluding tert-OH is 1. The number of ketones is 1. The third-order valence-electron chi connectivity index (χ3n) is 0.911. The van der Waals surface area contributed by atoms with Crippen molar-refractivity contribution in [2.75, 3.05) is 0 Å². The molecule has 0 saturated heterocycles. The van der Waals surface area contributed by atoms with Gasteiger partial charge in [-0.05, 0) is 0 Å². The van der Waals surface area contributed by atoms with Crippen LogP contribution in [0.4, 0.5) is 0 Å². The Morgan fingerprint density at radius 1 is 1.80 bits per heavy atom. The van der Waals surface area contributed by atoms with Gasteiger partial charge in [0.15, 0.2) is 0 Å². The van der Waals surface area contributed by atoms with Gasteiger partial charge in [-0.2, -0.15) is 0 Å². The largest absolute Gasteiger partial charge is 0.515 e. The summed E-state index contributed by atoms with van der Waals surface area (Å²) in [6.45, 7) is 0. The third kappa shape index (κ3) is 1.41. The SMILES string of the molecule is O=C(/C=C/O)c1cscn1. The van der Waals surface area contributed by atoms with Crippen LogP contribution < -0.4 is 0 Å². The van der Waals surface area contributed by atoms with Crippen molar-refractivity contribution in [3.8, 4) is 0 Å². The van der Waals surface area contributed by atoms with Crippen LogP contribution in [0.3, 0.4) is 0 Å². The molecule has 1 heterocycles. The Hall–Kier alpha value is -1.16. The lowest BCUT2D eigenvalue weighted by molar-refractivity contribution is 0.104. The van der Waals surface area contributed by atoms with Crippen LogP contribution in [0.2, 0.25) is 0 Å². The van der Waals surface area contributed by atoms with Gasteiger partial charge in [0.1, 0.15) is 5.69 Å². The third-order valence-corrected chi connectivity index (χ3v) is 1.50. The Morgan fingerprint density at radius 3 is 3.10 bits per heavy atom. The Bertz CT molecular complexity index is 240. The number of aromatic nitrogens is 1. The molecule has 0 amide bonds. The Kier molecular flexibility index (Phi) is 2.17. The number of rotatable bonds is 2. The zero-order valence-electron chi connectivity index (χ0n) is 5.02. The van der Waals surface area contributed by atoms with Gasteiger partial charge in [-0.3, -0.25) is 4.79 Å². The highest BCUT2D eigenvalue weighted by Gasteiger charge is 2.01. The lowest BCUT2D eigenvalue weighted by atomic mass is 10.3. The lowest BCUT2D eigenvalue weighted by Gasteiger charge is -1.82. The van der Waals surface area contributed by atoms with Gasteiger partial charge in [-0.1, -0.05) is 0 Å². The van der Waals surface area contributed by atoms with Crippen molar-refractivity contribution in [3.63, 3.8) is 0 Å². The van der Waals surface area contributed by atoms with Gasteiger partial charge in [0.25, 0.3) is 0 Å². The Labute approximate surface area is 61.7 Å². The Morgan fingerprint density at radius 2 is 2.60 bits per heavy atom. The zero-order valence-corrected chi connectivity index (χ0v) is 5.84. The van der Waals surface area contributed by atoms with E-state index in [-0.39, 0.29) is 5.78 Å². The molecule has 52 valence electrons. The van der Waals surface area contributed by atoms with Gasteiger partial charge >= 0.3 is 0 Å². The molecule has 0 aliphatic rings. The molecule has 0 aromatic carbocycles. The van der Waals surface area contributed by atoms with Crippen molar-refractivity contribution >= 4 is 17.1 Å². The van der Waals surface area contributed by atoms with Crippen LogP contribution in [0.25, 0.3) is 0 Å². The first-order valence-corrected chi connectivity index (χ1v) is 3.52. The summed E-state index contributed by atoms with van der Waals surface area (Å²) in [4.78, 5) is 14.5. The van der Waals surface area contributed by atoms with Gasteiger partial charge in [-0.15, -0.1) is 11.3 Å². The number of carbonyl (C=O) groups is 1. The van der Waals surface area contributed by atoms with E-state index in [2.05, 4.69) is 4.98 Å². The predicted molar refractivity (Wildman–Crippen MR) is 38.2 cm³/mol. The average molecular weight is 155 g/mol. The number of aliphatic hydroxyl groups is 1. The van der Waals surface area contributed by atoms with E-state index < -0.39 is 0 Å². The van der Waals surface area contributed by atoms with E-state index in [1.54, 1.807) is 10.9 Å². The molecule has 0 unspecified atom stereocenters. The molecule has 0 fully saturated rings.